The molecule has 6 heteroatoms. The maximum absolute atomic E-state index is 9.92. The molecule has 0 aromatic carbocycles. The van der Waals surface area contributed by atoms with E-state index in [1.54, 1.807) is 0 Å². The van der Waals surface area contributed by atoms with E-state index in [-0.39, 0.29) is 32.0 Å². The van der Waals surface area contributed by atoms with Crippen LogP contribution in [0.15, 0.2) is 0 Å². The van der Waals surface area contributed by atoms with Gasteiger partial charge in [0.1, 0.15) is 6.54 Å². The molecule has 0 unspecified atom stereocenters. The predicted octanol–water partition coefficient (Wildman–Crippen LogP) is -1.11. The van der Waals surface area contributed by atoms with E-state index in [0.29, 0.717) is 0 Å². The van der Waals surface area contributed by atoms with Crippen molar-refractivity contribution in [2.75, 3.05) is 13.6 Å². The minimum atomic E-state index is -0.993. The average molecular weight is 197 g/mol. The third-order valence-electron chi connectivity index (χ3n) is 0.784. The molecule has 0 heterocycles. The Morgan fingerprint density at radius 2 is 2.20 bits per heavy atom. The van der Waals surface area contributed by atoms with Gasteiger partial charge in [0.25, 0.3) is 0 Å². The first-order valence-corrected chi connectivity index (χ1v) is 2.31. The van der Waals surface area contributed by atoms with Crippen LogP contribution in [0.1, 0.15) is 0 Å². The predicted molar refractivity (Wildman–Crippen MR) is 32.2 cm³/mol. The zero-order valence-electron chi connectivity index (χ0n) is 5.79. The van der Waals surface area contributed by atoms with Crippen LogP contribution in [-0.4, -0.2) is 35.5 Å². The Morgan fingerprint density at radius 3 is 2.30 bits per heavy atom. The number of aliphatic carboxylic acids is 1. The molecule has 0 saturated carbocycles. The van der Waals surface area contributed by atoms with Gasteiger partial charge in [0.15, 0.2) is 5.96 Å². The minimum Gasteiger partial charge on any atom is -0.480 e. The summed E-state index contributed by atoms with van der Waals surface area (Å²) in [5, 5.41) is 14.9. The summed E-state index contributed by atoms with van der Waals surface area (Å²) in [5.41, 5.74) is 4.93. The van der Waals surface area contributed by atoms with Gasteiger partial charge in [-0.2, -0.15) is 0 Å². The van der Waals surface area contributed by atoms with Crippen molar-refractivity contribution in [1.82, 2.24) is 4.90 Å². The van der Waals surface area contributed by atoms with E-state index < -0.39 is 5.97 Å². The largest absolute Gasteiger partial charge is 2.00 e. The molecule has 0 fully saturated rings. The smallest absolute Gasteiger partial charge is 0.480 e. The third kappa shape index (κ3) is 5.50. The van der Waals surface area contributed by atoms with Gasteiger partial charge in [-0.15, -0.1) is 0 Å². The number of carboxylic acid groups (broad SMARTS) is 1. The van der Waals surface area contributed by atoms with Crippen LogP contribution in [0.4, 0.5) is 0 Å². The Balaban J connectivity index is 0. The van der Waals surface area contributed by atoms with Gasteiger partial charge in [0.2, 0.25) is 0 Å². The SMILES string of the molecule is CN(CC(=O)O)C(=N)N.[Zn+2]. The number of carboxylic acids is 1. The van der Waals surface area contributed by atoms with Crippen LogP contribution in [0.25, 0.3) is 0 Å². The number of rotatable bonds is 2. The van der Waals surface area contributed by atoms with Crippen molar-refractivity contribution in [3.05, 3.63) is 0 Å². The summed E-state index contributed by atoms with van der Waals surface area (Å²) >= 11 is 0. The Hall–Kier alpha value is -0.637. The summed E-state index contributed by atoms with van der Waals surface area (Å²) < 4.78 is 0. The van der Waals surface area contributed by atoms with Crippen molar-refractivity contribution in [2.24, 2.45) is 5.73 Å². The van der Waals surface area contributed by atoms with Crippen LogP contribution >= 0.6 is 0 Å². The van der Waals surface area contributed by atoms with E-state index in [1.807, 2.05) is 0 Å². The molecule has 0 aliphatic carbocycles. The molecule has 10 heavy (non-hydrogen) atoms. The first kappa shape index (κ1) is 12.1. The summed E-state index contributed by atoms with van der Waals surface area (Å²) in [4.78, 5) is 11.0. The van der Waals surface area contributed by atoms with Crippen LogP contribution in [0, 0.1) is 5.41 Å². The maximum atomic E-state index is 9.92. The number of likely N-dealkylation sites (N-methyl/N-ethyl adjacent to an activating group) is 1. The molecular weight excluding hydrogens is 187 g/mol. The van der Waals surface area contributed by atoms with E-state index >= 15 is 0 Å². The third-order valence-corrected chi connectivity index (χ3v) is 0.784. The zero-order valence-corrected chi connectivity index (χ0v) is 8.76. The van der Waals surface area contributed by atoms with Crippen LogP contribution in [-0.2, 0) is 24.3 Å². The van der Waals surface area contributed by atoms with Crippen LogP contribution in [0.5, 0.6) is 0 Å². The summed E-state index contributed by atoms with van der Waals surface area (Å²) in [5.74, 6) is -1.23. The number of nitrogens with zero attached hydrogens (tertiary/aromatic N) is 1. The van der Waals surface area contributed by atoms with Gasteiger partial charge >= 0.3 is 25.4 Å². The molecule has 0 rings (SSSR count). The normalized spacial score (nSPS) is 7.70. The molecule has 0 saturated heterocycles. The van der Waals surface area contributed by atoms with Gasteiger partial charge in [-0.3, -0.25) is 10.2 Å². The summed E-state index contributed by atoms with van der Waals surface area (Å²) in [6.45, 7) is -0.227. The van der Waals surface area contributed by atoms with E-state index in [2.05, 4.69) is 0 Å². The quantitative estimate of drug-likeness (QED) is 0.297. The van der Waals surface area contributed by atoms with Gasteiger partial charge in [0.05, 0.1) is 0 Å². The topological polar surface area (TPSA) is 90.4 Å². The molecule has 0 radical (unpaired) electrons. The number of hydrogen-bond acceptors (Lipinski definition) is 2. The standard InChI is InChI=1S/C4H9N3O2.Zn/c1-7(4(5)6)2-3(8)9;/h2H2,1H3,(H3,5,6)(H,8,9);/q;+2. The van der Waals surface area contributed by atoms with Crippen molar-refractivity contribution in [1.29, 1.82) is 5.41 Å². The minimum absolute atomic E-state index is 0. The van der Waals surface area contributed by atoms with Gasteiger partial charge in [-0.25, -0.2) is 0 Å². The molecule has 52 valence electrons. The molecular formula is C4H9N3O2Zn+2. The number of hydrogen-bond donors (Lipinski definition) is 3. The first-order valence-electron chi connectivity index (χ1n) is 2.31. The van der Waals surface area contributed by atoms with Gasteiger partial charge < -0.3 is 15.7 Å². The number of nitrogens with one attached hydrogen (secondary N) is 1. The Morgan fingerprint density at radius 1 is 1.80 bits per heavy atom. The second kappa shape index (κ2) is 5.17. The van der Waals surface area contributed by atoms with E-state index in [9.17, 15) is 4.79 Å². The van der Waals surface area contributed by atoms with E-state index in [1.165, 1.54) is 7.05 Å². The summed E-state index contributed by atoms with van der Waals surface area (Å²) in [6.07, 6.45) is 0. The Kier molecular flexibility index (Phi) is 6.25. The fraction of sp³-hybridized carbons (Fsp3) is 0.500. The molecule has 0 atom stereocenters. The second-order valence-corrected chi connectivity index (χ2v) is 1.64. The molecule has 0 aromatic heterocycles. The van der Waals surface area contributed by atoms with Gasteiger partial charge in [-0.05, 0) is 0 Å². The fourth-order valence-corrected chi connectivity index (χ4v) is 0.288. The molecule has 0 amide bonds. The van der Waals surface area contributed by atoms with Crippen molar-refractivity contribution >= 4 is 11.9 Å². The van der Waals surface area contributed by atoms with Crippen LogP contribution in [0.3, 0.4) is 0 Å². The Labute approximate surface area is 71.5 Å². The van der Waals surface area contributed by atoms with Crippen molar-refractivity contribution < 1.29 is 29.4 Å². The molecule has 0 aliphatic rings. The van der Waals surface area contributed by atoms with Crippen molar-refractivity contribution in [3.8, 4) is 0 Å². The monoisotopic (exact) mass is 195 g/mol. The van der Waals surface area contributed by atoms with E-state index in [0.717, 1.165) is 4.90 Å². The molecule has 0 aliphatic heterocycles. The average Bonchev–Trinajstić information content (AvgIpc) is 1.63. The fourth-order valence-electron chi connectivity index (χ4n) is 0.288. The number of carbonyl (C=O) groups is 1. The molecule has 0 bridgehead atoms. The molecule has 5 nitrogen and oxygen atoms in total. The summed E-state index contributed by atoms with van der Waals surface area (Å²) in [6, 6.07) is 0. The van der Waals surface area contributed by atoms with Gasteiger partial charge in [0, 0.05) is 7.05 Å². The van der Waals surface area contributed by atoms with Crippen molar-refractivity contribution in [2.45, 2.75) is 0 Å². The molecule has 0 spiro atoms. The van der Waals surface area contributed by atoms with Crippen LogP contribution in [0.2, 0.25) is 0 Å². The van der Waals surface area contributed by atoms with Crippen LogP contribution < -0.4 is 5.73 Å². The number of nitrogens with two attached hydrogens (primary N) is 1. The van der Waals surface area contributed by atoms with Crippen molar-refractivity contribution in [3.63, 3.8) is 0 Å². The zero-order chi connectivity index (χ0) is 7.44. The number of guanidine groups is 1. The maximum Gasteiger partial charge on any atom is 2.00 e. The Bertz CT molecular complexity index is 138. The van der Waals surface area contributed by atoms with Gasteiger partial charge in [-0.1, -0.05) is 0 Å². The second-order valence-electron chi connectivity index (χ2n) is 1.64. The summed E-state index contributed by atoms with van der Waals surface area (Å²) in [7, 11) is 1.44. The molecule has 0 aromatic rings. The molecule has 4 N–H and O–H groups in total. The first-order chi connectivity index (χ1) is 4.04. The van der Waals surface area contributed by atoms with E-state index in [4.69, 9.17) is 16.2 Å².